The van der Waals surface area contributed by atoms with Crippen LogP contribution in [0.4, 0.5) is 9.18 Å². The topological polar surface area (TPSA) is 44.8 Å². The van der Waals surface area contributed by atoms with Crippen LogP contribution in [0.25, 0.3) is 0 Å². The minimum atomic E-state index is -0.285. The van der Waals surface area contributed by atoms with Crippen LogP contribution in [0.2, 0.25) is 0 Å². The summed E-state index contributed by atoms with van der Waals surface area (Å²) in [6.45, 7) is 6.36. The Balaban J connectivity index is 1.76. The molecule has 122 valence electrons. The first-order chi connectivity index (χ1) is 10.6. The summed E-state index contributed by atoms with van der Waals surface area (Å²) in [5.74, 6) is -0.285. The molecule has 0 radical (unpaired) electrons. The third kappa shape index (κ3) is 4.96. The van der Waals surface area contributed by atoms with E-state index in [-0.39, 0.29) is 17.9 Å². The molecular weight excluding hydrogens is 285 g/mol. The highest BCUT2D eigenvalue weighted by atomic mass is 19.1. The molecule has 0 bridgehead atoms. The van der Waals surface area contributed by atoms with Crippen LogP contribution in [-0.2, 0) is 11.3 Å². The van der Waals surface area contributed by atoms with Gasteiger partial charge in [-0.3, -0.25) is 4.90 Å². The Hall–Kier alpha value is -1.66. The van der Waals surface area contributed by atoms with Crippen LogP contribution in [0.15, 0.2) is 24.3 Å². The summed E-state index contributed by atoms with van der Waals surface area (Å²) in [7, 11) is 1.71. The number of nitrogens with zero attached hydrogens (tertiary/aromatic N) is 2. The van der Waals surface area contributed by atoms with Gasteiger partial charge in [-0.1, -0.05) is 12.1 Å². The zero-order valence-corrected chi connectivity index (χ0v) is 13.2. The second kappa shape index (κ2) is 8.10. The largest absolute Gasteiger partial charge is 0.379 e. The number of carbonyl (C=O) groups excluding carboxylic acids is 1. The lowest BCUT2D eigenvalue weighted by Crippen LogP contribution is -2.49. The summed E-state index contributed by atoms with van der Waals surface area (Å²) in [5.41, 5.74) is 0.777. The van der Waals surface area contributed by atoms with Crippen molar-refractivity contribution in [2.45, 2.75) is 19.5 Å². The van der Waals surface area contributed by atoms with Crippen molar-refractivity contribution in [1.82, 2.24) is 15.1 Å². The van der Waals surface area contributed by atoms with Crippen molar-refractivity contribution < 1.29 is 13.9 Å². The number of hydrogen-bond donors (Lipinski definition) is 1. The molecule has 2 rings (SSSR count). The molecule has 1 fully saturated rings. The average Bonchev–Trinajstić information content (AvgIpc) is 2.53. The minimum absolute atomic E-state index is 0.149. The van der Waals surface area contributed by atoms with E-state index in [4.69, 9.17) is 4.74 Å². The quantitative estimate of drug-likeness (QED) is 0.900. The Morgan fingerprint density at radius 1 is 1.45 bits per heavy atom. The number of ether oxygens (including phenoxy) is 1. The number of carbonyl (C=O) groups is 1. The van der Waals surface area contributed by atoms with Gasteiger partial charge in [-0.05, 0) is 24.6 Å². The maximum Gasteiger partial charge on any atom is 0.317 e. The molecule has 0 saturated carbocycles. The third-order valence-corrected chi connectivity index (χ3v) is 3.87. The number of rotatable bonds is 5. The lowest BCUT2D eigenvalue weighted by Gasteiger charge is -2.32. The summed E-state index contributed by atoms with van der Waals surface area (Å²) in [6, 6.07) is 6.42. The minimum Gasteiger partial charge on any atom is -0.379 e. The van der Waals surface area contributed by atoms with Crippen LogP contribution >= 0.6 is 0 Å². The van der Waals surface area contributed by atoms with Crippen LogP contribution in [0, 0.1) is 5.82 Å². The maximum atomic E-state index is 13.1. The number of morpholine rings is 1. The molecular formula is C16H24FN3O2. The highest BCUT2D eigenvalue weighted by molar-refractivity contribution is 5.73. The van der Waals surface area contributed by atoms with E-state index in [1.54, 1.807) is 18.0 Å². The molecule has 1 atom stereocenters. The predicted octanol–water partition coefficient (Wildman–Crippen LogP) is 1.69. The van der Waals surface area contributed by atoms with E-state index < -0.39 is 0 Å². The van der Waals surface area contributed by atoms with E-state index in [9.17, 15) is 9.18 Å². The van der Waals surface area contributed by atoms with Gasteiger partial charge in [-0.2, -0.15) is 0 Å². The van der Waals surface area contributed by atoms with Crippen LogP contribution < -0.4 is 5.32 Å². The molecule has 6 heteroatoms. The summed E-state index contributed by atoms with van der Waals surface area (Å²) in [5, 5.41) is 2.93. The van der Waals surface area contributed by atoms with Gasteiger partial charge in [0, 0.05) is 39.3 Å². The summed E-state index contributed by atoms with van der Waals surface area (Å²) in [4.78, 5) is 16.0. The molecule has 0 spiro atoms. The van der Waals surface area contributed by atoms with Gasteiger partial charge in [-0.15, -0.1) is 0 Å². The van der Waals surface area contributed by atoms with Gasteiger partial charge in [0.2, 0.25) is 0 Å². The number of urea groups is 1. The number of benzene rings is 1. The van der Waals surface area contributed by atoms with Crippen LogP contribution in [0.3, 0.4) is 0 Å². The van der Waals surface area contributed by atoms with Gasteiger partial charge in [0.05, 0.1) is 13.2 Å². The fraction of sp³-hybridized carbons (Fsp3) is 0.562. The highest BCUT2D eigenvalue weighted by Gasteiger charge is 2.18. The van der Waals surface area contributed by atoms with E-state index in [1.807, 2.05) is 6.07 Å². The van der Waals surface area contributed by atoms with Crippen molar-refractivity contribution in [1.29, 1.82) is 0 Å². The molecule has 1 aromatic carbocycles. The number of hydrogen-bond acceptors (Lipinski definition) is 3. The third-order valence-electron chi connectivity index (χ3n) is 3.87. The normalized spacial score (nSPS) is 17.0. The highest BCUT2D eigenvalue weighted by Crippen LogP contribution is 2.07. The molecule has 1 unspecified atom stereocenters. The van der Waals surface area contributed by atoms with Gasteiger partial charge in [0.1, 0.15) is 5.82 Å². The van der Waals surface area contributed by atoms with Crippen molar-refractivity contribution in [2.75, 3.05) is 39.9 Å². The SMILES string of the molecule is CC(CNC(=O)N(C)Cc1cccc(F)c1)N1CCOCC1. The first kappa shape index (κ1) is 16.7. The van der Waals surface area contributed by atoms with Crippen molar-refractivity contribution in [3.05, 3.63) is 35.6 Å². The first-order valence-electron chi connectivity index (χ1n) is 7.61. The number of amides is 2. The lowest BCUT2D eigenvalue weighted by atomic mass is 10.2. The number of nitrogens with one attached hydrogen (secondary N) is 1. The molecule has 1 aromatic rings. The van der Waals surface area contributed by atoms with Crippen LogP contribution in [-0.4, -0.2) is 61.8 Å². The van der Waals surface area contributed by atoms with Crippen molar-refractivity contribution in [3.8, 4) is 0 Å². The van der Waals surface area contributed by atoms with E-state index in [1.165, 1.54) is 12.1 Å². The molecule has 22 heavy (non-hydrogen) atoms. The van der Waals surface area contributed by atoms with E-state index in [0.717, 1.165) is 31.9 Å². The number of halogens is 1. The van der Waals surface area contributed by atoms with Gasteiger partial charge in [0.25, 0.3) is 0 Å². The average molecular weight is 309 g/mol. The molecule has 1 saturated heterocycles. The zero-order chi connectivity index (χ0) is 15.9. The van der Waals surface area contributed by atoms with Gasteiger partial charge in [-0.25, -0.2) is 9.18 Å². The molecule has 5 nitrogen and oxygen atoms in total. The maximum absolute atomic E-state index is 13.1. The lowest BCUT2D eigenvalue weighted by molar-refractivity contribution is 0.0207. The predicted molar refractivity (Wildman–Crippen MR) is 83.1 cm³/mol. The van der Waals surface area contributed by atoms with E-state index >= 15 is 0 Å². The fourth-order valence-electron chi connectivity index (χ4n) is 2.50. The molecule has 0 aromatic heterocycles. The fourth-order valence-corrected chi connectivity index (χ4v) is 2.50. The molecule has 1 N–H and O–H groups in total. The van der Waals surface area contributed by atoms with Gasteiger partial charge < -0.3 is 15.0 Å². The van der Waals surface area contributed by atoms with Crippen molar-refractivity contribution in [3.63, 3.8) is 0 Å². The smallest absolute Gasteiger partial charge is 0.317 e. The van der Waals surface area contributed by atoms with Gasteiger partial charge >= 0.3 is 6.03 Å². The van der Waals surface area contributed by atoms with Crippen molar-refractivity contribution >= 4 is 6.03 Å². The Kier molecular flexibility index (Phi) is 6.15. The van der Waals surface area contributed by atoms with Crippen molar-refractivity contribution in [2.24, 2.45) is 0 Å². The van der Waals surface area contributed by atoms with Crippen LogP contribution in [0.5, 0.6) is 0 Å². The Labute approximate surface area is 131 Å². The standard InChI is InChI=1S/C16H24FN3O2/c1-13(20-6-8-22-9-7-20)11-18-16(21)19(2)12-14-4-3-5-15(17)10-14/h3-5,10,13H,6-9,11-12H2,1-2H3,(H,18,21). The Bertz CT molecular complexity index is 492. The second-order valence-corrected chi connectivity index (χ2v) is 5.67. The monoisotopic (exact) mass is 309 g/mol. The van der Waals surface area contributed by atoms with Crippen LogP contribution in [0.1, 0.15) is 12.5 Å². The molecule has 0 aliphatic carbocycles. The molecule has 1 aliphatic rings. The molecule has 2 amide bonds. The van der Waals surface area contributed by atoms with Gasteiger partial charge in [0.15, 0.2) is 0 Å². The van der Waals surface area contributed by atoms with E-state index in [2.05, 4.69) is 17.1 Å². The summed E-state index contributed by atoms with van der Waals surface area (Å²) >= 11 is 0. The summed E-state index contributed by atoms with van der Waals surface area (Å²) < 4.78 is 18.5. The summed E-state index contributed by atoms with van der Waals surface area (Å²) in [6.07, 6.45) is 0. The molecule has 1 heterocycles. The second-order valence-electron chi connectivity index (χ2n) is 5.67. The van der Waals surface area contributed by atoms with E-state index in [0.29, 0.717) is 13.1 Å². The first-order valence-corrected chi connectivity index (χ1v) is 7.61. The molecule has 1 aliphatic heterocycles. The zero-order valence-electron chi connectivity index (χ0n) is 13.2. The Morgan fingerprint density at radius 3 is 2.86 bits per heavy atom. The Morgan fingerprint density at radius 2 is 2.18 bits per heavy atom.